The van der Waals surface area contributed by atoms with Crippen LogP contribution in [-0.2, 0) is 6.42 Å². The molecule has 18 heavy (non-hydrogen) atoms. The van der Waals surface area contributed by atoms with E-state index in [1.807, 2.05) is 23.1 Å². The zero-order valence-electron chi connectivity index (χ0n) is 10.3. The lowest BCUT2D eigenvalue weighted by molar-refractivity contribution is 0.0546. The van der Waals surface area contributed by atoms with Crippen molar-refractivity contribution in [3.8, 4) is 5.75 Å². The number of benzene rings is 1. The molecule has 2 aliphatic heterocycles. The van der Waals surface area contributed by atoms with Gasteiger partial charge in [-0.3, -0.25) is 4.79 Å². The molecule has 96 valence electrons. The van der Waals surface area contributed by atoms with Crippen LogP contribution in [0.4, 0.5) is 0 Å². The molecule has 3 rings (SSSR count). The van der Waals surface area contributed by atoms with E-state index < -0.39 is 0 Å². The highest BCUT2D eigenvalue weighted by atomic mass is 16.5. The molecule has 1 saturated heterocycles. The number of ether oxygens (including phenoxy) is 1. The number of carbonyl (C=O) groups is 1. The number of rotatable bonds is 1. The highest BCUT2D eigenvalue weighted by Gasteiger charge is 2.23. The number of hydrogen-bond donors (Lipinski definition) is 1. The van der Waals surface area contributed by atoms with Gasteiger partial charge in [-0.2, -0.15) is 0 Å². The summed E-state index contributed by atoms with van der Waals surface area (Å²) in [6.07, 6.45) is 2.00. The van der Waals surface area contributed by atoms with Gasteiger partial charge in [0, 0.05) is 25.1 Å². The molecule has 0 atom stereocenters. The first-order valence-electron chi connectivity index (χ1n) is 6.47. The van der Waals surface area contributed by atoms with Crippen molar-refractivity contribution >= 4 is 5.91 Å². The van der Waals surface area contributed by atoms with Crippen molar-refractivity contribution in [2.24, 2.45) is 0 Å². The fourth-order valence-corrected chi connectivity index (χ4v) is 2.57. The number of piperidine rings is 1. The monoisotopic (exact) mass is 247 g/mol. The predicted octanol–water partition coefficient (Wildman–Crippen LogP) is 1.22. The third-order valence-electron chi connectivity index (χ3n) is 3.69. The maximum atomic E-state index is 12.3. The summed E-state index contributed by atoms with van der Waals surface area (Å²) in [6.45, 7) is 2.00. The number of fused-ring (bicyclic) bond motifs is 1. The Bertz CT molecular complexity index is 464. The molecule has 2 aliphatic rings. The molecule has 0 spiro atoms. The van der Waals surface area contributed by atoms with Gasteiger partial charge in [0.15, 0.2) is 0 Å². The van der Waals surface area contributed by atoms with Gasteiger partial charge in [0.05, 0.1) is 12.7 Å². The third-order valence-corrected chi connectivity index (χ3v) is 3.69. The predicted molar refractivity (Wildman–Crippen MR) is 66.8 cm³/mol. The van der Waals surface area contributed by atoms with Crippen molar-refractivity contribution in [1.82, 2.24) is 4.90 Å². The normalized spacial score (nSPS) is 19.5. The molecule has 0 bridgehead atoms. The number of nitrogens with zero attached hydrogens (tertiary/aromatic N) is 1. The molecule has 4 heteroatoms. The lowest BCUT2D eigenvalue weighted by Crippen LogP contribution is -2.40. The quantitative estimate of drug-likeness (QED) is 0.811. The lowest BCUT2D eigenvalue weighted by Gasteiger charge is -2.29. The second-order valence-electron chi connectivity index (χ2n) is 4.94. The molecule has 0 radical (unpaired) electrons. The first-order valence-corrected chi connectivity index (χ1v) is 6.47. The van der Waals surface area contributed by atoms with Crippen molar-refractivity contribution in [1.29, 1.82) is 0 Å². The molecular formula is C14H17NO3. The van der Waals surface area contributed by atoms with Crippen LogP contribution in [0, 0.1) is 0 Å². The van der Waals surface area contributed by atoms with E-state index in [4.69, 9.17) is 4.74 Å². The number of hydrogen-bond acceptors (Lipinski definition) is 3. The Labute approximate surface area is 106 Å². The van der Waals surface area contributed by atoms with Crippen LogP contribution < -0.4 is 4.74 Å². The minimum Gasteiger partial charge on any atom is -0.493 e. The topological polar surface area (TPSA) is 49.8 Å². The summed E-state index contributed by atoms with van der Waals surface area (Å²) in [5, 5.41) is 9.45. The zero-order chi connectivity index (χ0) is 12.5. The molecule has 2 heterocycles. The van der Waals surface area contributed by atoms with Gasteiger partial charge in [-0.1, -0.05) is 0 Å². The molecule has 1 amide bonds. The summed E-state index contributed by atoms with van der Waals surface area (Å²) >= 11 is 0. The summed E-state index contributed by atoms with van der Waals surface area (Å²) in [7, 11) is 0. The molecule has 1 N–H and O–H groups in total. The Morgan fingerprint density at radius 2 is 2.11 bits per heavy atom. The average molecular weight is 247 g/mol. The minimum atomic E-state index is -0.248. The number of likely N-dealkylation sites (tertiary alicyclic amines) is 1. The standard InChI is InChI=1S/C14H17NO3/c16-12-3-6-15(7-4-12)14(17)11-1-2-13-10(9-11)5-8-18-13/h1-2,9,12,16H,3-8H2. The highest BCUT2D eigenvalue weighted by molar-refractivity contribution is 5.94. The number of carbonyl (C=O) groups excluding carboxylic acids is 1. The van der Waals surface area contributed by atoms with Gasteiger partial charge in [0.25, 0.3) is 5.91 Å². The second kappa shape index (κ2) is 4.61. The van der Waals surface area contributed by atoms with E-state index >= 15 is 0 Å². The molecule has 0 saturated carbocycles. The summed E-state index contributed by atoms with van der Waals surface area (Å²) in [6, 6.07) is 5.65. The number of amides is 1. The highest BCUT2D eigenvalue weighted by Crippen LogP contribution is 2.26. The summed E-state index contributed by atoms with van der Waals surface area (Å²) in [5.74, 6) is 0.970. The van der Waals surface area contributed by atoms with E-state index in [1.165, 1.54) is 0 Å². The maximum absolute atomic E-state index is 12.3. The number of aliphatic hydroxyl groups is 1. The Morgan fingerprint density at radius 3 is 2.89 bits per heavy atom. The van der Waals surface area contributed by atoms with Crippen LogP contribution in [0.2, 0.25) is 0 Å². The molecule has 0 aliphatic carbocycles. The lowest BCUT2D eigenvalue weighted by atomic mass is 10.0. The first kappa shape index (κ1) is 11.5. The molecular weight excluding hydrogens is 230 g/mol. The van der Waals surface area contributed by atoms with E-state index in [0.717, 1.165) is 23.3 Å². The minimum absolute atomic E-state index is 0.0663. The van der Waals surface area contributed by atoms with Crippen LogP contribution in [0.15, 0.2) is 18.2 Å². The second-order valence-corrected chi connectivity index (χ2v) is 4.94. The van der Waals surface area contributed by atoms with Crippen LogP contribution in [0.25, 0.3) is 0 Å². The van der Waals surface area contributed by atoms with E-state index in [-0.39, 0.29) is 12.0 Å². The summed E-state index contributed by atoms with van der Waals surface area (Å²) < 4.78 is 5.43. The Hall–Kier alpha value is -1.55. The van der Waals surface area contributed by atoms with Crippen LogP contribution >= 0.6 is 0 Å². The first-order chi connectivity index (χ1) is 8.74. The smallest absolute Gasteiger partial charge is 0.253 e. The van der Waals surface area contributed by atoms with Gasteiger partial charge in [-0.15, -0.1) is 0 Å². The molecule has 0 unspecified atom stereocenters. The van der Waals surface area contributed by atoms with Crippen LogP contribution in [0.5, 0.6) is 5.75 Å². The fraction of sp³-hybridized carbons (Fsp3) is 0.500. The van der Waals surface area contributed by atoms with Gasteiger partial charge in [-0.05, 0) is 36.6 Å². The van der Waals surface area contributed by atoms with Crippen LogP contribution in [-0.4, -0.2) is 41.7 Å². The van der Waals surface area contributed by atoms with Gasteiger partial charge in [0.1, 0.15) is 5.75 Å². The Kier molecular flexibility index (Phi) is 2.96. The van der Waals surface area contributed by atoms with E-state index in [9.17, 15) is 9.90 Å². The van der Waals surface area contributed by atoms with Crippen LogP contribution in [0.3, 0.4) is 0 Å². The summed E-state index contributed by atoms with van der Waals surface area (Å²) in [4.78, 5) is 14.1. The Morgan fingerprint density at radius 1 is 1.33 bits per heavy atom. The summed E-state index contributed by atoms with van der Waals surface area (Å²) in [5.41, 5.74) is 1.86. The van der Waals surface area contributed by atoms with Crippen molar-refractivity contribution in [2.45, 2.75) is 25.4 Å². The van der Waals surface area contributed by atoms with Gasteiger partial charge >= 0.3 is 0 Å². The van der Waals surface area contributed by atoms with Crippen molar-refractivity contribution in [3.63, 3.8) is 0 Å². The van der Waals surface area contributed by atoms with Gasteiger partial charge in [-0.25, -0.2) is 0 Å². The molecule has 4 nitrogen and oxygen atoms in total. The molecule has 1 fully saturated rings. The average Bonchev–Trinajstić information content (AvgIpc) is 2.86. The SMILES string of the molecule is O=C(c1ccc2c(c1)CCO2)N1CCC(O)CC1. The maximum Gasteiger partial charge on any atom is 0.253 e. The van der Waals surface area contributed by atoms with Crippen LogP contribution in [0.1, 0.15) is 28.8 Å². The van der Waals surface area contributed by atoms with Crippen molar-refractivity contribution in [3.05, 3.63) is 29.3 Å². The molecule has 1 aromatic rings. The molecule has 1 aromatic carbocycles. The Balaban J connectivity index is 1.76. The number of aliphatic hydroxyl groups excluding tert-OH is 1. The van der Waals surface area contributed by atoms with Crippen molar-refractivity contribution < 1.29 is 14.6 Å². The van der Waals surface area contributed by atoms with Gasteiger partial charge < -0.3 is 14.7 Å². The van der Waals surface area contributed by atoms with Crippen molar-refractivity contribution in [2.75, 3.05) is 19.7 Å². The van der Waals surface area contributed by atoms with Gasteiger partial charge in [0.2, 0.25) is 0 Å². The fourth-order valence-electron chi connectivity index (χ4n) is 2.57. The zero-order valence-corrected chi connectivity index (χ0v) is 10.3. The largest absolute Gasteiger partial charge is 0.493 e. The van der Waals surface area contributed by atoms with E-state index in [2.05, 4.69) is 0 Å². The third kappa shape index (κ3) is 2.08. The van der Waals surface area contributed by atoms with E-state index in [1.54, 1.807) is 0 Å². The molecule has 0 aromatic heterocycles. The van der Waals surface area contributed by atoms with E-state index in [0.29, 0.717) is 32.5 Å².